The van der Waals surface area contributed by atoms with Gasteiger partial charge in [0.05, 0.1) is 5.60 Å². The lowest BCUT2D eigenvalue weighted by molar-refractivity contribution is -0.144. The second kappa shape index (κ2) is 5.37. The third-order valence-electron chi connectivity index (χ3n) is 3.32. The van der Waals surface area contributed by atoms with Crippen LogP contribution in [0.5, 0.6) is 0 Å². The monoisotopic (exact) mass is 309 g/mol. The van der Waals surface area contributed by atoms with E-state index in [1.165, 1.54) is 6.07 Å². The lowest BCUT2D eigenvalue weighted by Gasteiger charge is -2.23. The summed E-state index contributed by atoms with van der Waals surface area (Å²) in [7, 11) is 0. The topological polar surface area (TPSA) is 49.2 Å². The summed E-state index contributed by atoms with van der Waals surface area (Å²) in [5, 5.41) is 9.75. The van der Waals surface area contributed by atoms with E-state index in [0.29, 0.717) is 32.4 Å². The first-order chi connectivity index (χ1) is 9.17. The van der Waals surface area contributed by atoms with Crippen LogP contribution in [0.2, 0.25) is 5.15 Å². The highest BCUT2D eigenvalue weighted by Crippen LogP contribution is 2.30. The van der Waals surface area contributed by atoms with Gasteiger partial charge in [-0.2, -0.15) is 13.2 Å². The quantitative estimate of drug-likeness (QED) is 0.810. The van der Waals surface area contributed by atoms with Gasteiger partial charge in [0, 0.05) is 19.2 Å². The van der Waals surface area contributed by atoms with Gasteiger partial charge in [-0.15, -0.1) is 0 Å². The number of halogens is 4. The molecule has 1 unspecified atom stereocenters. The summed E-state index contributed by atoms with van der Waals surface area (Å²) in [6, 6.07) is 1.32. The molecule has 112 valence electrons. The normalized spacial score (nSPS) is 24.6. The van der Waals surface area contributed by atoms with Gasteiger partial charge in [0.1, 0.15) is 11.0 Å². The van der Waals surface area contributed by atoms with E-state index in [1.54, 1.807) is 11.8 Å². The number of aliphatic hydroxyl groups is 1. The van der Waals surface area contributed by atoms with Gasteiger partial charge in [0.2, 0.25) is 5.82 Å². The van der Waals surface area contributed by atoms with E-state index >= 15 is 0 Å². The van der Waals surface area contributed by atoms with Crippen molar-refractivity contribution in [2.45, 2.75) is 38.0 Å². The van der Waals surface area contributed by atoms with Crippen LogP contribution in [0, 0.1) is 0 Å². The van der Waals surface area contributed by atoms with Crippen LogP contribution in [0.3, 0.4) is 0 Å². The van der Waals surface area contributed by atoms with Gasteiger partial charge < -0.3 is 10.0 Å². The number of nitrogens with zero attached hydrogens (tertiary/aromatic N) is 3. The van der Waals surface area contributed by atoms with Crippen LogP contribution in [-0.2, 0) is 6.18 Å². The molecule has 1 fully saturated rings. The number of anilines is 1. The Morgan fingerprint density at radius 1 is 1.30 bits per heavy atom. The largest absolute Gasteiger partial charge is 0.451 e. The Hall–Kier alpha value is -1.08. The van der Waals surface area contributed by atoms with Crippen molar-refractivity contribution in [1.82, 2.24) is 9.97 Å². The summed E-state index contributed by atoms with van der Waals surface area (Å²) >= 11 is 5.64. The predicted octanol–water partition coefficient (Wildman–Crippen LogP) is 2.89. The number of hydrogen-bond acceptors (Lipinski definition) is 4. The minimum Gasteiger partial charge on any atom is -0.390 e. The van der Waals surface area contributed by atoms with E-state index in [4.69, 9.17) is 11.6 Å². The molecule has 4 nitrogen and oxygen atoms in total. The van der Waals surface area contributed by atoms with Crippen molar-refractivity contribution < 1.29 is 18.3 Å². The number of rotatable bonds is 1. The zero-order valence-corrected chi connectivity index (χ0v) is 11.7. The van der Waals surface area contributed by atoms with Crippen molar-refractivity contribution in [2.75, 3.05) is 18.0 Å². The van der Waals surface area contributed by atoms with Crippen molar-refractivity contribution in [1.29, 1.82) is 0 Å². The Morgan fingerprint density at radius 3 is 2.65 bits per heavy atom. The first-order valence-corrected chi connectivity index (χ1v) is 6.64. The molecule has 1 N–H and O–H groups in total. The SMILES string of the molecule is CC1(O)CCCN(c2cc(Cl)nc(C(F)(F)F)n2)CC1. The number of hydrogen-bond donors (Lipinski definition) is 1. The fraction of sp³-hybridized carbons (Fsp3) is 0.667. The smallest absolute Gasteiger partial charge is 0.390 e. The van der Waals surface area contributed by atoms with Crippen LogP contribution >= 0.6 is 11.6 Å². The Bertz CT molecular complexity index is 493. The summed E-state index contributed by atoms with van der Waals surface area (Å²) in [5.41, 5.74) is -0.793. The molecular weight excluding hydrogens is 295 g/mol. The maximum atomic E-state index is 12.7. The molecule has 0 radical (unpaired) electrons. The van der Waals surface area contributed by atoms with Gasteiger partial charge in [0.15, 0.2) is 0 Å². The summed E-state index contributed by atoms with van der Waals surface area (Å²) < 4.78 is 38.0. The first-order valence-electron chi connectivity index (χ1n) is 6.26. The summed E-state index contributed by atoms with van der Waals surface area (Å²) in [5.74, 6) is -1.09. The predicted molar refractivity (Wildman–Crippen MR) is 68.7 cm³/mol. The van der Waals surface area contributed by atoms with E-state index in [0.717, 1.165) is 0 Å². The number of aromatic nitrogens is 2. The van der Waals surface area contributed by atoms with E-state index < -0.39 is 17.6 Å². The molecule has 2 heterocycles. The summed E-state index contributed by atoms with van der Waals surface area (Å²) in [6.07, 6.45) is -2.88. The second-order valence-electron chi connectivity index (χ2n) is 5.21. The average Bonchev–Trinajstić information content (AvgIpc) is 2.48. The van der Waals surface area contributed by atoms with Crippen LogP contribution in [0.1, 0.15) is 32.0 Å². The molecule has 0 saturated carbocycles. The van der Waals surface area contributed by atoms with Gasteiger partial charge in [-0.25, -0.2) is 9.97 Å². The molecule has 0 amide bonds. The van der Waals surface area contributed by atoms with Gasteiger partial charge in [0.25, 0.3) is 0 Å². The van der Waals surface area contributed by atoms with Gasteiger partial charge in [-0.05, 0) is 26.2 Å². The Kier molecular flexibility index (Phi) is 4.11. The average molecular weight is 310 g/mol. The maximum absolute atomic E-state index is 12.7. The highest BCUT2D eigenvalue weighted by atomic mass is 35.5. The number of alkyl halides is 3. The zero-order chi connectivity index (χ0) is 15.0. The Morgan fingerprint density at radius 2 is 2.00 bits per heavy atom. The molecule has 0 aliphatic carbocycles. The Labute approximate surface area is 119 Å². The molecule has 8 heteroatoms. The van der Waals surface area contributed by atoms with Crippen LogP contribution in [0.25, 0.3) is 0 Å². The third kappa shape index (κ3) is 3.73. The molecule has 0 aromatic carbocycles. The molecular formula is C12H15ClF3N3O. The minimum atomic E-state index is -4.63. The van der Waals surface area contributed by atoms with Crippen LogP contribution < -0.4 is 4.90 Å². The zero-order valence-electron chi connectivity index (χ0n) is 10.9. The van der Waals surface area contributed by atoms with Gasteiger partial charge in [-0.1, -0.05) is 11.6 Å². The van der Waals surface area contributed by atoms with E-state index in [9.17, 15) is 18.3 Å². The minimum absolute atomic E-state index is 0.148. The maximum Gasteiger partial charge on any atom is 0.451 e. The molecule has 20 heavy (non-hydrogen) atoms. The molecule has 1 aliphatic rings. The highest BCUT2D eigenvalue weighted by molar-refractivity contribution is 6.29. The van der Waals surface area contributed by atoms with Crippen LogP contribution in [-0.4, -0.2) is 33.8 Å². The fourth-order valence-electron chi connectivity index (χ4n) is 2.19. The molecule has 1 aromatic heterocycles. The Balaban J connectivity index is 2.26. The lowest BCUT2D eigenvalue weighted by Crippen LogP contribution is -2.29. The first kappa shape index (κ1) is 15.3. The molecule has 1 aliphatic heterocycles. The highest BCUT2D eigenvalue weighted by Gasteiger charge is 2.36. The lowest BCUT2D eigenvalue weighted by atomic mass is 9.98. The summed E-state index contributed by atoms with van der Waals surface area (Å²) in [4.78, 5) is 8.45. The standard InChI is InChI=1S/C12H15ClF3N3O/c1-11(20)3-2-5-19(6-4-11)9-7-8(13)17-10(18-9)12(14,15)16/h7,20H,2-6H2,1H3. The van der Waals surface area contributed by atoms with Crippen molar-refractivity contribution >= 4 is 17.4 Å². The van der Waals surface area contributed by atoms with Crippen LogP contribution in [0.4, 0.5) is 19.0 Å². The molecule has 1 atom stereocenters. The molecule has 0 spiro atoms. The molecule has 1 aromatic rings. The molecule has 2 rings (SSSR count). The van der Waals surface area contributed by atoms with Crippen molar-refractivity contribution in [2.24, 2.45) is 0 Å². The van der Waals surface area contributed by atoms with E-state index in [1.807, 2.05) is 0 Å². The van der Waals surface area contributed by atoms with Gasteiger partial charge in [-0.3, -0.25) is 0 Å². The van der Waals surface area contributed by atoms with Crippen molar-refractivity contribution in [3.63, 3.8) is 0 Å². The summed E-state index contributed by atoms with van der Waals surface area (Å²) in [6.45, 7) is 2.68. The van der Waals surface area contributed by atoms with E-state index in [2.05, 4.69) is 9.97 Å². The second-order valence-corrected chi connectivity index (χ2v) is 5.60. The van der Waals surface area contributed by atoms with Gasteiger partial charge >= 0.3 is 6.18 Å². The third-order valence-corrected chi connectivity index (χ3v) is 3.52. The molecule has 1 saturated heterocycles. The van der Waals surface area contributed by atoms with E-state index in [-0.39, 0.29) is 11.0 Å². The van der Waals surface area contributed by atoms with Crippen molar-refractivity contribution in [3.05, 3.63) is 17.0 Å². The van der Waals surface area contributed by atoms with Crippen molar-refractivity contribution in [3.8, 4) is 0 Å². The molecule has 0 bridgehead atoms. The fourth-order valence-corrected chi connectivity index (χ4v) is 2.36. The van der Waals surface area contributed by atoms with Crippen LogP contribution in [0.15, 0.2) is 6.07 Å².